The van der Waals surface area contributed by atoms with Crippen LogP contribution in [0.1, 0.15) is 34.5 Å². The molecule has 0 bridgehead atoms. The summed E-state index contributed by atoms with van der Waals surface area (Å²) in [5.74, 6) is 0.817. The highest BCUT2D eigenvalue weighted by Crippen LogP contribution is 2.36. The lowest BCUT2D eigenvalue weighted by Gasteiger charge is -2.21. The molecule has 0 aliphatic carbocycles. The molecule has 1 amide bonds. The summed E-state index contributed by atoms with van der Waals surface area (Å²) in [6, 6.07) is 11.2. The zero-order valence-corrected chi connectivity index (χ0v) is 16.2. The Hall–Kier alpha value is -1.53. The smallest absolute Gasteiger partial charge is 0.255 e. The number of carbonyl (C=O) groups is 1. The molecule has 1 aliphatic heterocycles. The Kier molecular flexibility index (Phi) is 6.59. The normalized spacial score (nSPS) is 17.8. The van der Waals surface area contributed by atoms with Gasteiger partial charge in [-0.25, -0.2) is 8.78 Å². The summed E-state index contributed by atoms with van der Waals surface area (Å²) in [7, 11) is 0. The van der Waals surface area contributed by atoms with Gasteiger partial charge in [0.2, 0.25) is 0 Å². The van der Waals surface area contributed by atoms with Crippen LogP contribution in [0.2, 0.25) is 0 Å². The van der Waals surface area contributed by atoms with Gasteiger partial charge in [-0.2, -0.15) is 11.8 Å². The molecule has 1 heterocycles. The molecule has 0 radical (unpaired) electrons. The summed E-state index contributed by atoms with van der Waals surface area (Å²) in [4.78, 5) is 15.8. The summed E-state index contributed by atoms with van der Waals surface area (Å²) in [6.45, 7) is 3.21. The van der Waals surface area contributed by atoms with Crippen LogP contribution < -0.4 is 0 Å². The molecule has 1 saturated heterocycles. The molecule has 0 spiro atoms. The Morgan fingerprint density at radius 1 is 1.23 bits per heavy atom. The van der Waals surface area contributed by atoms with E-state index >= 15 is 0 Å². The fourth-order valence-electron chi connectivity index (χ4n) is 3.08. The Balaban J connectivity index is 1.74. The summed E-state index contributed by atoms with van der Waals surface area (Å²) in [6.07, 6.45) is 0.611. The molecule has 1 unspecified atom stereocenters. The molecular formula is C20H21F2NOS2. The van der Waals surface area contributed by atoms with E-state index in [1.807, 2.05) is 29.2 Å². The molecule has 1 fully saturated rings. The number of nitrogens with zero attached hydrogens (tertiary/aromatic N) is 1. The van der Waals surface area contributed by atoms with E-state index in [1.165, 1.54) is 12.1 Å². The highest BCUT2D eigenvalue weighted by molar-refractivity contribution is 7.99. The highest BCUT2D eigenvalue weighted by atomic mass is 32.2. The third-order valence-corrected chi connectivity index (χ3v) is 6.62. The van der Waals surface area contributed by atoms with Gasteiger partial charge < -0.3 is 4.90 Å². The van der Waals surface area contributed by atoms with Crippen LogP contribution in [0, 0.1) is 11.6 Å². The zero-order valence-electron chi connectivity index (χ0n) is 14.6. The van der Waals surface area contributed by atoms with Crippen LogP contribution in [0.5, 0.6) is 0 Å². The number of thioether (sulfide) groups is 2. The van der Waals surface area contributed by atoms with Crippen molar-refractivity contribution >= 4 is 29.4 Å². The lowest BCUT2D eigenvalue weighted by molar-refractivity contribution is 0.0763. The van der Waals surface area contributed by atoms with Crippen molar-refractivity contribution in [3.8, 4) is 0 Å². The van der Waals surface area contributed by atoms with E-state index in [9.17, 15) is 13.6 Å². The second-order valence-electron chi connectivity index (χ2n) is 6.04. The average Bonchev–Trinajstić information content (AvgIpc) is 2.90. The quantitative estimate of drug-likeness (QED) is 0.649. The summed E-state index contributed by atoms with van der Waals surface area (Å²) in [5, 5.41) is -0.135. The predicted octanol–water partition coefficient (Wildman–Crippen LogP) is 5.40. The Labute approximate surface area is 161 Å². The molecular weight excluding hydrogens is 372 g/mol. The SMILES string of the molecule is CCSc1ccccc1C(=O)N1CCSC(c2cc(F)ccc2F)CC1. The molecule has 6 heteroatoms. The topological polar surface area (TPSA) is 20.3 Å². The van der Waals surface area contributed by atoms with E-state index in [2.05, 4.69) is 6.92 Å². The van der Waals surface area contributed by atoms with Crippen LogP contribution in [0.4, 0.5) is 8.78 Å². The monoisotopic (exact) mass is 393 g/mol. The van der Waals surface area contributed by atoms with Gasteiger partial charge in [-0.3, -0.25) is 4.79 Å². The maximum Gasteiger partial charge on any atom is 0.255 e. The molecule has 3 rings (SSSR count). The van der Waals surface area contributed by atoms with Gasteiger partial charge in [0, 0.05) is 34.6 Å². The van der Waals surface area contributed by atoms with Gasteiger partial charge in [0.25, 0.3) is 5.91 Å². The van der Waals surface area contributed by atoms with Crippen molar-refractivity contribution in [1.29, 1.82) is 0 Å². The van der Waals surface area contributed by atoms with E-state index in [0.717, 1.165) is 22.3 Å². The number of amides is 1. The van der Waals surface area contributed by atoms with Gasteiger partial charge in [0.15, 0.2) is 0 Å². The van der Waals surface area contributed by atoms with Gasteiger partial charge in [-0.15, -0.1) is 11.8 Å². The first-order valence-electron chi connectivity index (χ1n) is 8.67. The molecule has 0 aromatic heterocycles. The first kappa shape index (κ1) is 19.2. The van der Waals surface area contributed by atoms with Crippen molar-refractivity contribution in [2.75, 3.05) is 24.6 Å². The average molecular weight is 394 g/mol. The molecule has 138 valence electrons. The van der Waals surface area contributed by atoms with Gasteiger partial charge in [0.05, 0.1) is 5.56 Å². The summed E-state index contributed by atoms with van der Waals surface area (Å²) in [5.41, 5.74) is 1.12. The minimum absolute atomic E-state index is 0.0162. The minimum atomic E-state index is -0.426. The number of benzene rings is 2. The lowest BCUT2D eigenvalue weighted by atomic mass is 10.1. The number of rotatable bonds is 4. The van der Waals surface area contributed by atoms with Crippen LogP contribution in [-0.4, -0.2) is 35.4 Å². The molecule has 26 heavy (non-hydrogen) atoms. The van der Waals surface area contributed by atoms with Gasteiger partial charge in [-0.1, -0.05) is 19.1 Å². The Morgan fingerprint density at radius 3 is 2.85 bits per heavy atom. The fraction of sp³-hybridized carbons (Fsp3) is 0.350. The standard InChI is InChI=1S/C20H21F2NOS2/c1-2-25-18-6-4-3-5-15(18)20(24)23-10-9-19(26-12-11-23)16-13-14(21)7-8-17(16)22/h3-8,13,19H,2,9-12H2,1H3. The van der Waals surface area contributed by atoms with Crippen molar-refractivity contribution in [2.24, 2.45) is 0 Å². The van der Waals surface area contributed by atoms with Crippen LogP contribution in [-0.2, 0) is 0 Å². The summed E-state index contributed by atoms with van der Waals surface area (Å²) < 4.78 is 27.6. The van der Waals surface area contributed by atoms with Gasteiger partial charge in [-0.05, 0) is 42.5 Å². The first-order valence-corrected chi connectivity index (χ1v) is 10.7. The molecule has 1 aliphatic rings. The fourth-order valence-corrected chi connectivity index (χ4v) is 5.12. The lowest BCUT2D eigenvalue weighted by Crippen LogP contribution is -2.33. The molecule has 2 aromatic carbocycles. The first-order chi connectivity index (χ1) is 12.6. The molecule has 0 saturated carbocycles. The Morgan fingerprint density at radius 2 is 2.04 bits per heavy atom. The maximum absolute atomic E-state index is 14.1. The van der Waals surface area contributed by atoms with E-state index in [4.69, 9.17) is 0 Å². The highest BCUT2D eigenvalue weighted by Gasteiger charge is 2.25. The maximum atomic E-state index is 14.1. The second-order valence-corrected chi connectivity index (χ2v) is 8.65. The van der Waals surface area contributed by atoms with Crippen LogP contribution in [0.3, 0.4) is 0 Å². The predicted molar refractivity (Wildman–Crippen MR) is 105 cm³/mol. The molecule has 2 aromatic rings. The third-order valence-electron chi connectivity index (χ3n) is 4.35. The van der Waals surface area contributed by atoms with Gasteiger partial charge in [0.1, 0.15) is 11.6 Å². The Bertz CT molecular complexity index is 784. The minimum Gasteiger partial charge on any atom is -0.338 e. The van der Waals surface area contributed by atoms with Crippen LogP contribution in [0.15, 0.2) is 47.4 Å². The van der Waals surface area contributed by atoms with E-state index in [1.54, 1.807) is 23.5 Å². The summed E-state index contributed by atoms with van der Waals surface area (Å²) >= 11 is 3.24. The number of carbonyl (C=O) groups excluding carboxylic acids is 1. The molecule has 1 atom stereocenters. The largest absolute Gasteiger partial charge is 0.338 e. The van der Waals surface area contributed by atoms with Gasteiger partial charge >= 0.3 is 0 Å². The van der Waals surface area contributed by atoms with E-state index in [0.29, 0.717) is 30.8 Å². The third kappa shape index (κ3) is 4.41. The van der Waals surface area contributed by atoms with Crippen LogP contribution >= 0.6 is 23.5 Å². The van der Waals surface area contributed by atoms with Crippen molar-refractivity contribution in [1.82, 2.24) is 4.90 Å². The van der Waals surface area contributed by atoms with Crippen molar-refractivity contribution < 1.29 is 13.6 Å². The number of hydrogen-bond acceptors (Lipinski definition) is 3. The van der Waals surface area contributed by atoms with E-state index in [-0.39, 0.29) is 17.0 Å². The second kappa shape index (κ2) is 8.91. The number of hydrogen-bond donors (Lipinski definition) is 0. The van der Waals surface area contributed by atoms with E-state index < -0.39 is 5.82 Å². The molecule has 2 nitrogen and oxygen atoms in total. The molecule has 0 N–H and O–H groups in total. The zero-order chi connectivity index (χ0) is 18.5. The van der Waals surface area contributed by atoms with Crippen molar-refractivity contribution in [3.63, 3.8) is 0 Å². The van der Waals surface area contributed by atoms with Crippen molar-refractivity contribution in [3.05, 3.63) is 65.2 Å². The van der Waals surface area contributed by atoms with Crippen LogP contribution in [0.25, 0.3) is 0 Å². The number of halogens is 2. The van der Waals surface area contributed by atoms with Crippen molar-refractivity contribution in [2.45, 2.75) is 23.5 Å².